The minimum atomic E-state index is -0.338. The summed E-state index contributed by atoms with van der Waals surface area (Å²) in [6.07, 6.45) is 0.955. The molecule has 2 aromatic carbocycles. The van der Waals surface area contributed by atoms with E-state index in [-0.39, 0.29) is 12.4 Å². The Morgan fingerprint density at radius 3 is 2.55 bits per heavy atom. The van der Waals surface area contributed by atoms with Gasteiger partial charge in [-0.2, -0.15) is 0 Å². The van der Waals surface area contributed by atoms with Crippen molar-refractivity contribution in [2.45, 2.75) is 20.0 Å². The molecule has 3 rings (SSSR count). The molecule has 1 aromatic heterocycles. The number of hydrogen-bond acceptors (Lipinski definition) is 3. The molecule has 1 N–H and O–H groups in total. The van der Waals surface area contributed by atoms with Gasteiger partial charge < -0.3 is 5.11 Å². The average molecular weight is 297 g/mol. The largest absolute Gasteiger partial charge is 0.390 e. The summed E-state index contributed by atoms with van der Waals surface area (Å²) in [5.74, 6) is -0.338. The molecule has 0 aliphatic rings. The van der Waals surface area contributed by atoms with Crippen LogP contribution >= 0.6 is 0 Å². The maximum atomic E-state index is 13.5. The number of aromatic nitrogens is 3. The summed E-state index contributed by atoms with van der Waals surface area (Å²) in [6.45, 7) is 1.84. The van der Waals surface area contributed by atoms with Crippen molar-refractivity contribution in [1.82, 2.24) is 15.0 Å². The third kappa shape index (κ3) is 2.63. The Bertz CT molecular complexity index is 781. The SMILES string of the molecule is CCc1ccc(-n2nnc(CO)c2-c2cccc(F)c2)cc1. The first-order valence-electron chi connectivity index (χ1n) is 7.13. The summed E-state index contributed by atoms with van der Waals surface area (Å²) < 4.78 is 15.1. The fourth-order valence-corrected chi connectivity index (χ4v) is 2.40. The second-order valence-corrected chi connectivity index (χ2v) is 4.99. The van der Waals surface area contributed by atoms with Gasteiger partial charge in [0.2, 0.25) is 0 Å². The normalized spacial score (nSPS) is 10.9. The van der Waals surface area contributed by atoms with Crippen LogP contribution < -0.4 is 0 Å². The van der Waals surface area contributed by atoms with Crippen molar-refractivity contribution in [3.63, 3.8) is 0 Å². The lowest BCUT2D eigenvalue weighted by Crippen LogP contribution is -2.00. The van der Waals surface area contributed by atoms with E-state index in [0.717, 1.165) is 12.1 Å². The molecule has 0 unspecified atom stereocenters. The number of hydrogen-bond donors (Lipinski definition) is 1. The summed E-state index contributed by atoms with van der Waals surface area (Å²) in [5.41, 5.74) is 3.70. The predicted octanol–water partition coefficient (Wildman–Crippen LogP) is 3.13. The Morgan fingerprint density at radius 1 is 1.14 bits per heavy atom. The third-order valence-corrected chi connectivity index (χ3v) is 3.58. The molecule has 112 valence electrons. The van der Waals surface area contributed by atoms with Gasteiger partial charge in [-0.1, -0.05) is 36.4 Å². The molecule has 0 radical (unpaired) electrons. The number of aryl methyl sites for hydroxylation is 1. The molecule has 0 fully saturated rings. The lowest BCUT2D eigenvalue weighted by atomic mass is 10.1. The topological polar surface area (TPSA) is 50.9 Å². The Morgan fingerprint density at radius 2 is 1.91 bits per heavy atom. The van der Waals surface area contributed by atoms with Gasteiger partial charge in [0, 0.05) is 5.56 Å². The number of benzene rings is 2. The van der Waals surface area contributed by atoms with Crippen molar-refractivity contribution in [3.05, 3.63) is 65.6 Å². The smallest absolute Gasteiger partial charge is 0.123 e. The highest BCUT2D eigenvalue weighted by atomic mass is 19.1. The molecule has 3 aromatic rings. The van der Waals surface area contributed by atoms with Crippen molar-refractivity contribution in [1.29, 1.82) is 0 Å². The van der Waals surface area contributed by atoms with Gasteiger partial charge in [-0.05, 0) is 36.2 Å². The number of aliphatic hydroxyl groups is 1. The van der Waals surface area contributed by atoms with Gasteiger partial charge in [0.15, 0.2) is 0 Å². The predicted molar refractivity (Wildman–Crippen MR) is 82.1 cm³/mol. The second kappa shape index (κ2) is 6.07. The number of nitrogens with zero attached hydrogens (tertiary/aromatic N) is 3. The molecule has 22 heavy (non-hydrogen) atoms. The van der Waals surface area contributed by atoms with Crippen LogP contribution in [-0.4, -0.2) is 20.1 Å². The highest BCUT2D eigenvalue weighted by molar-refractivity contribution is 5.64. The minimum Gasteiger partial charge on any atom is -0.390 e. The summed E-state index contributed by atoms with van der Waals surface area (Å²) in [5, 5.41) is 17.6. The molecule has 0 aliphatic heterocycles. The van der Waals surface area contributed by atoms with Crippen LogP contribution in [0.2, 0.25) is 0 Å². The van der Waals surface area contributed by atoms with Gasteiger partial charge in [0.25, 0.3) is 0 Å². The molecular weight excluding hydrogens is 281 g/mol. The molecule has 1 heterocycles. The molecule has 5 heteroatoms. The van der Waals surface area contributed by atoms with Gasteiger partial charge in [0.05, 0.1) is 12.3 Å². The number of rotatable bonds is 4. The summed E-state index contributed by atoms with van der Waals surface area (Å²) >= 11 is 0. The molecule has 0 saturated heterocycles. The van der Waals surface area contributed by atoms with Crippen molar-refractivity contribution in [2.24, 2.45) is 0 Å². The zero-order chi connectivity index (χ0) is 15.5. The first kappa shape index (κ1) is 14.4. The standard InChI is InChI=1S/C17H16FN3O/c1-2-12-6-8-15(9-7-12)21-17(16(11-22)19-20-21)13-4-3-5-14(18)10-13/h3-10,22H,2,11H2,1H3. The number of halogens is 1. The van der Waals surface area contributed by atoms with Crippen LogP contribution in [0.1, 0.15) is 18.2 Å². The molecule has 0 saturated carbocycles. The summed E-state index contributed by atoms with van der Waals surface area (Å²) in [7, 11) is 0. The molecule has 0 spiro atoms. The monoisotopic (exact) mass is 297 g/mol. The highest BCUT2D eigenvalue weighted by Crippen LogP contribution is 2.26. The van der Waals surface area contributed by atoms with E-state index >= 15 is 0 Å². The van der Waals surface area contributed by atoms with E-state index in [2.05, 4.69) is 17.2 Å². The van der Waals surface area contributed by atoms with E-state index in [0.29, 0.717) is 17.0 Å². The fourth-order valence-electron chi connectivity index (χ4n) is 2.40. The van der Waals surface area contributed by atoms with Gasteiger partial charge in [-0.25, -0.2) is 9.07 Å². The average Bonchev–Trinajstić information content (AvgIpc) is 2.99. The highest BCUT2D eigenvalue weighted by Gasteiger charge is 2.16. The Balaban J connectivity index is 2.14. The van der Waals surface area contributed by atoms with Crippen LogP contribution in [0.25, 0.3) is 16.9 Å². The lowest BCUT2D eigenvalue weighted by molar-refractivity contribution is 0.277. The van der Waals surface area contributed by atoms with Crippen LogP contribution in [0, 0.1) is 5.82 Å². The molecule has 0 aliphatic carbocycles. The molecule has 0 amide bonds. The van der Waals surface area contributed by atoms with E-state index in [4.69, 9.17) is 0 Å². The second-order valence-electron chi connectivity index (χ2n) is 4.99. The Hall–Kier alpha value is -2.53. The van der Waals surface area contributed by atoms with Crippen molar-refractivity contribution in [3.8, 4) is 16.9 Å². The van der Waals surface area contributed by atoms with Crippen molar-refractivity contribution in [2.75, 3.05) is 0 Å². The zero-order valence-electron chi connectivity index (χ0n) is 12.2. The van der Waals surface area contributed by atoms with Crippen LogP contribution in [0.4, 0.5) is 4.39 Å². The summed E-state index contributed by atoms with van der Waals surface area (Å²) in [4.78, 5) is 0. The molecular formula is C17H16FN3O. The zero-order valence-corrected chi connectivity index (χ0v) is 12.2. The Labute approximate surface area is 127 Å². The van der Waals surface area contributed by atoms with Gasteiger partial charge >= 0.3 is 0 Å². The fraction of sp³-hybridized carbons (Fsp3) is 0.176. The van der Waals surface area contributed by atoms with Gasteiger partial charge in [-0.3, -0.25) is 0 Å². The van der Waals surface area contributed by atoms with Crippen LogP contribution in [0.3, 0.4) is 0 Å². The van der Waals surface area contributed by atoms with E-state index in [9.17, 15) is 9.50 Å². The maximum Gasteiger partial charge on any atom is 0.123 e. The maximum absolute atomic E-state index is 13.5. The van der Waals surface area contributed by atoms with Crippen molar-refractivity contribution >= 4 is 0 Å². The van der Waals surface area contributed by atoms with Gasteiger partial charge in [-0.15, -0.1) is 5.10 Å². The van der Waals surface area contributed by atoms with E-state index in [1.54, 1.807) is 16.8 Å². The molecule has 0 bridgehead atoms. The summed E-state index contributed by atoms with van der Waals surface area (Å²) in [6, 6.07) is 14.1. The van der Waals surface area contributed by atoms with Crippen molar-refractivity contribution < 1.29 is 9.50 Å². The minimum absolute atomic E-state index is 0.251. The van der Waals surface area contributed by atoms with E-state index in [1.807, 2.05) is 24.3 Å². The number of aliphatic hydroxyl groups excluding tert-OH is 1. The van der Waals surface area contributed by atoms with E-state index in [1.165, 1.54) is 17.7 Å². The molecule has 4 nitrogen and oxygen atoms in total. The first-order chi connectivity index (χ1) is 10.7. The third-order valence-electron chi connectivity index (χ3n) is 3.58. The lowest BCUT2D eigenvalue weighted by Gasteiger charge is -2.08. The molecule has 0 atom stereocenters. The Kier molecular flexibility index (Phi) is 3.98. The van der Waals surface area contributed by atoms with Crippen LogP contribution in [0.5, 0.6) is 0 Å². The quantitative estimate of drug-likeness (QED) is 0.805. The van der Waals surface area contributed by atoms with Crippen LogP contribution in [0.15, 0.2) is 48.5 Å². The van der Waals surface area contributed by atoms with Gasteiger partial charge in [0.1, 0.15) is 17.2 Å². The van der Waals surface area contributed by atoms with Crippen LogP contribution in [-0.2, 0) is 13.0 Å². The first-order valence-corrected chi connectivity index (χ1v) is 7.13. The van der Waals surface area contributed by atoms with E-state index < -0.39 is 0 Å².